The average Bonchev–Trinajstić information content (AvgIpc) is 2.75. The molecular formula is C24H22N2O3. The van der Waals surface area contributed by atoms with Crippen LogP contribution in [0.1, 0.15) is 50.7 Å². The molecule has 1 aliphatic rings. The number of hydrogen-bond acceptors (Lipinski definition) is 3. The molecule has 1 unspecified atom stereocenters. The minimum absolute atomic E-state index is 0.0483. The van der Waals surface area contributed by atoms with Crippen molar-refractivity contribution in [1.29, 1.82) is 0 Å². The van der Waals surface area contributed by atoms with Crippen molar-refractivity contribution >= 4 is 11.8 Å². The van der Waals surface area contributed by atoms with E-state index in [0.29, 0.717) is 22.6 Å². The second-order valence-electron chi connectivity index (χ2n) is 7.13. The van der Waals surface area contributed by atoms with Crippen LogP contribution in [0.4, 0.5) is 0 Å². The Morgan fingerprint density at radius 2 is 1.48 bits per heavy atom. The molecule has 0 saturated heterocycles. The van der Waals surface area contributed by atoms with Gasteiger partial charge in [0.25, 0.3) is 5.91 Å². The summed E-state index contributed by atoms with van der Waals surface area (Å²) >= 11 is 0. The smallest absolute Gasteiger partial charge is 0.251 e. The highest BCUT2D eigenvalue weighted by Crippen LogP contribution is 2.30. The van der Waals surface area contributed by atoms with Crippen LogP contribution in [0.5, 0.6) is 11.5 Å². The molecule has 0 fully saturated rings. The van der Waals surface area contributed by atoms with Crippen LogP contribution in [0.2, 0.25) is 0 Å². The topological polar surface area (TPSA) is 81.4 Å². The molecule has 1 atom stereocenters. The molecule has 3 aromatic rings. The summed E-state index contributed by atoms with van der Waals surface area (Å²) in [6, 6.07) is 21.9. The minimum atomic E-state index is -0.479. The SMILES string of the molecule is NC(=O)c1ccc(Oc2ccc(C(=O)NC3CCCc4ccccc43)cc2)cc1. The number of primary amides is 1. The Morgan fingerprint density at radius 1 is 0.862 bits per heavy atom. The van der Waals surface area contributed by atoms with E-state index in [9.17, 15) is 9.59 Å². The molecule has 29 heavy (non-hydrogen) atoms. The number of benzene rings is 3. The first-order chi connectivity index (χ1) is 14.1. The number of ether oxygens (including phenoxy) is 1. The number of nitrogens with two attached hydrogens (primary N) is 1. The van der Waals surface area contributed by atoms with Gasteiger partial charge in [-0.05, 0) is 78.9 Å². The Morgan fingerprint density at radius 3 is 2.14 bits per heavy atom. The van der Waals surface area contributed by atoms with Gasteiger partial charge >= 0.3 is 0 Å². The predicted octanol–water partition coefficient (Wildman–Crippen LogP) is 4.39. The number of fused-ring (bicyclic) bond motifs is 1. The Kier molecular flexibility index (Phi) is 5.29. The van der Waals surface area contributed by atoms with Crippen molar-refractivity contribution in [2.24, 2.45) is 5.73 Å². The maximum atomic E-state index is 12.7. The van der Waals surface area contributed by atoms with Gasteiger partial charge in [-0.1, -0.05) is 24.3 Å². The largest absolute Gasteiger partial charge is 0.457 e. The van der Waals surface area contributed by atoms with E-state index in [2.05, 4.69) is 17.4 Å². The maximum absolute atomic E-state index is 12.7. The van der Waals surface area contributed by atoms with Gasteiger partial charge in [0.2, 0.25) is 5.91 Å². The summed E-state index contributed by atoms with van der Waals surface area (Å²) < 4.78 is 5.76. The van der Waals surface area contributed by atoms with Crippen LogP contribution in [-0.4, -0.2) is 11.8 Å². The van der Waals surface area contributed by atoms with Crippen molar-refractivity contribution in [3.05, 3.63) is 95.1 Å². The Bertz CT molecular complexity index is 1030. The first-order valence-electron chi connectivity index (χ1n) is 9.66. The van der Waals surface area contributed by atoms with E-state index in [0.717, 1.165) is 19.3 Å². The zero-order valence-corrected chi connectivity index (χ0v) is 15.9. The lowest BCUT2D eigenvalue weighted by Gasteiger charge is -2.26. The maximum Gasteiger partial charge on any atom is 0.251 e. The van der Waals surface area contributed by atoms with Crippen LogP contribution < -0.4 is 15.8 Å². The molecule has 0 bridgehead atoms. The molecule has 3 N–H and O–H groups in total. The normalized spacial score (nSPS) is 15.2. The zero-order valence-electron chi connectivity index (χ0n) is 15.9. The van der Waals surface area contributed by atoms with Gasteiger partial charge < -0.3 is 15.8 Å². The van der Waals surface area contributed by atoms with Gasteiger partial charge in [0.1, 0.15) is 11.5 Å². The zero-order chi connectivity index (χ0) is 20.2. The van der Waals surface area contributed by atoms with Gasteiger partial charge in [0, 0.05) is 11.1 Å². The van der Waals surface area contributed by atoms with Gasteiger partial charge in [-0.2, -0.15) is 0 Å². The quantitative estimate of drug-likeness (QED) is 0.682. The highest BCUT2D eigenvalue weighted by atomic mass is 16.5. The molecule has 0 radical (unpaired) electrons. The lowest BCUT2D eigenvalue weighted by Crippen LogP contribution is -2.30. The van der Waals surface area contributed by atoms with E-state index in [1.54, 1.807) is 48.5 Å². The fourth-order valence-electron chi connectivity index (χ4n) is 3.64. The van der Waals surface area contributed by atoms with Crippen molar-refractivity contribution in [2.75, 3.05) is 0 Å². The summed E-state index contributed by atoms with van der Waals surface area (Å²) in [6.45, 7) is 0. The number of amides is 2. The summed E-state index contributed by atoms with van der Waals surface area (Å²) in [7, 11) is 0. The molecule has 5 heteroatoms. The molecule has 146 valence electrons. The van der Waals surface area contributed by atoms with E-state index >= 15 is 0 Å². The van der Waals surface area contributed by atoms with Crippen molar-refractivity contribution in [3.63, 3.8) is 0 Å². The second kappa shape index (κ2) is 8.19. The van der Waals surface area contributed by atoms with Gasteiger partial charge in [-0.25, -0.2) is 0 Å². The van der Waals surface area contributed by atoms with Gasteiger partial charge in [-0.15, -0.1) is 0 Å². The van der Waals surface area contributed by atoms with E-state index in [1.807, 2.05) is 12.1 Å². The van der Waals surface area contributed by atoms with Gasteiger partial charge in [0.05, 0.1) is 6.04 Å². The van der Waals surface area contributed by atoms with Crippen molar-refractivity contribution in [1.82, 2.24) is 5.32 Å². The molecule has 3 aromatic carbocycles. The Balaban J connectivity index is 1.41. The molecule has 0 aliphatic heterocycles. The predicted molar refractivity (Wildman–Crippen MR) is 111 cm³/mol. The number of carbonyl (C=O) groups excluding carboxylic acids is 2. The third kappa shape index (κ3) is 4.29. The highest BCUT2D eigenvalue weighted by molar-refractivity contribution is 5.94. The van der Waals surface area contributed by atoms with Crippen LogP contribution in [0.3, 0.4) is 0 Å². The van der Waals surface area contributed by atoms with Crippen LogP contribution >= 0.6 is 0 Å². The molecule has 4 rings (SSSR count). The monoisotopic (exact) mass is 386 g/mol. The summed E-state index contributed by atoms with van der Waals surface area (Å²) in [5.74, 6) is 0.624. The third-order valence-corrected chi connectivity index (χ3v) is 5.17. The van der Waals surface area contributed by atoms with E-state index in [4.69, 9.17) is 10.5 Å². The fraction of sp³-hybridized carbons (Fsp3) is 0.167. The molecule has 0 saturated carbocycles. The minimum Gasteiger partial charge on any atom is -0.457 e. The van der Waals surface area contributed by atoms with Crippen LogP contribution in [0.25, 0.3) is 0 Å². The van der Waals surface area contributed by atoms with Crippen LogP contribution in [-0.2, 0) is 6.42 Å². The number of rotatable bonds is 5. The van der Waals surface area contributed by atoms with Crippen molar-refractivity contribution in [3.8, 4) is 11.5 Å². The van der Waals surface area contributed by atoms with Crippen molar-refractivity contribution in [2.45, 2.75) is 25.3 Å². The summed E-state index contributed by atoms with van der Waals surface area (Å²) in [5.41, 5.74) is 8.78. The third-order valence-electron chi connectivity index (χ3n) is 5.17. The van der Waals surface area contributed by atoms with E-state index in [-0.39, 0.29) is 11.9 Å². The molecule has 0 aromatic heterocycles. The first kappa shape index (κ1) is 18.7. The van der Waals surface area contributed by atoms with Crippen LogP contribution in [0, 0.1) is 0 Å². The number of nitrogens with one attached hydrogen (secondary N) is 1. The van der Waals surface area contributed by atoms with E-state index in [1.165, 1.54) is 11.1 Å². The van der Waals surface area contributed by atoms with Gasteiger partial charge in [-0.3, -0.25) is 9.59 Å². The summed E-state index contributed by atoms with van der Waals surface area (Å²) in [4.78, 5) is 23.8. The first-order valence-corrected chi connectivity index (χ1v) is 9.66. The van der Waals surface area contributed by atoms with Crippen molar-refractivity contribution < 1.29 is 14.3 Å². The molecular weight excluding hydrogens is 364 g/mol. The van der Waals surface area contributed by atoms with E-state index < -0.39 is 5.91 Å². The average molecular weight is 386 g/mol. The summed E-state index contributed by atoms with van der Waals surface area (Å²) in [5, 5.41) is 3.15. The Labute approximate surface area is 169 Å². The fourth-order valence-corrected chi connectivity index (χ4v) is 3.64. The molecule has 1 aliphatic carbocycles. The second-order valence-corrected chi connectivity index (χ2v) is 7.13. The molecule has 2 amide bonds. The highest BCUT2D eigenvalue weighted by Gasteiger charge is 2.21. The number of carbonyl (C=O) groups is 2. The number of hydrogen-bond donors (Lipinski definition) is 2. The lowest BCUT2D eigenvalue weighted by atomic mass is 9.87. The Hall–Kier alpha value is -3.60. The molecule has 5 nitrogen and oxygen atoms in total. The molecule has 0 spiro atoms. The number of aryl methyl sites for hydroxylation is 1. The van der Waals surface area contributed by atoms with Crippen LogP contribution in [0.15, 0.2) is 72.8 Å². The lowest BCUT2D eigenvalue weighted by molar-refractivity contribution is 0.0931. The summed E-state index contributed by atoms with van der Waals surface area (Å²) in [6.07, 6.45) is 3.09. The molecule has 0 heterocycles. The standard InChI is InChI=1S/C24H22N2O3/c25-23(27)17-8-12-19(13-9-17)29-20-14-10-18(11-15-20)24(28)26-22-7-3-5-16-4-1-2-6-21(16)22/h1-2,4,6,8-15,22H,3,5,7H2,(H2,25,27)(H,26,28). The van der Waals surface area contributed by atoms with Gasteiger partial charge in [0.15, 0.2) is 0 Å².